The molecule has 10 aromatic rings. The van der Waals surface area contributed by atoms with Gasteiger partial charge in [-0.2, -0.15) is 0 Å². The minimum absolute atomic E-state index is 0.591. The van der Waals surface area contributed by atoms with Gasteiger partial charge in [-0.15, -0.1) is 0 Å². The van der Waals surface area contributed by atoms with Crippen LogP contribution in [0.1, 0.15) is 0 Å². The smallest absolute Gasteiger partial charge is 0.164 e. The molecule has 0 saturated carbocycles. The molecule has 0 radical (unpaired) electrons. The van der Waals surface area contributed by atoms with E-state index in [0.29, 0.717) is 17.5 Å². The lowest BCUT2D eigenvalue weighted by molar-refractivity contribution is 1.07. The van der Waals surface area contributed by atoms with Crippen molar-refractivity contribution in [2.45, 2.75) is 0 Å². The molecule has 262 valence electrons. The van der Waals surface area contributed by atoms with E-state index in [4.69, 9.17) is 15.0 Å². The van der Waals surface area contributed by atoms with Crippen LogP contribution in [0.3, 0.4) is 0 Å². The van der Waals surface area contributed by atoms with Crippen LogP contribution in [0.2, 0.25) is 0 Å². The molecule has 0 bridgehead atoms. The first-order valence-electron chi connectivity index (χ1n) is 18.6. The Kier molecular flexibility index (Phi) is 8.43. The van der Waals surface area contributed by atoms with Crippen molar-refractivity contribution in [3.8, 4) is 78.7 Å². The van der Waals surface area contributed by atoms with Crippen molar-refractivity contribution in [3.05, 3.63) is 200 Å². The van der Waals surface area contributed by atoms with Gasteiger partial charge in [0, 0.05) is 39.9 Å². The predicted molar refractivity (Wildman–Crippen MR) is 228 cm³/mol. The third-order valence-corrected chi connectivity index (χ3v) is 10.2. The lowest BCUT2D eigenvalue weighted by Crippen LogP contribution is -2.01. The van der Waals surface area contributed by atoms with Crippen molar-refractivity contribution in [1.29, 1.82) is 0 Å². The largest absolute Gasteiger partial charge is 0.256 e. The Morgan fingerprint density at radius 1 is 0.232 bits per heavy atom. The van der Waals surface area contributed by atoms with Crippen LogP contribution in [-0.2, 0) is 0 Å². The molecular formula is C51H33N5. The average Bonchev–Trinajstić information content (AvgIpc) is 3.29. The van der Waals surface area contributed by atoms with Gasteiger partial charge >= 0.3 is 0 Å². The standard InChI is InChI=1S/C51H33N5/c1-3-11-34(12-4-1)36-15-7-17-42(29-36)49-54-50(43-18-8-16-37(30-43)35-13-5-2-6-14-35)56-51(55-49)46-32-44(38-21-23-47-40(27-38)19-9-25-52-47)31-45(33-46)39-22-24-48-41(28-39)20-10-26-53-48/h1-33H. The fourth-order valence-corrected chi connectivity index (χ4v) is 7.30. The fourth-order valence-electron chi connectivity index (χ4n) is 7.30. The van der Waals surface area contributed by atoms with Crippen molar-refractivity contribution in [2.24, 2.45) is 0 Å². The summed E-state index contributed by atoms with van der Waals surface area (Å²) in [6, 6.07) is 65.3. The molecule has 0 aliphatic rings. The number of hydrogen-bond acceptors (Lipinski definition) is 5. The zero-order valence-electron chi connectivity index (χ0n) is 30.3. The maximum Gasteiger partial charge on any atom is 0.164 e. The SMILES string of the molecule is c1ccc(-c2cccc(-c3nc(-c4cccc(-c5ccccc5)c4)nc(-c4cc(-c5ccc6ncccc6c5)cc(-c5ccc6ncccc6c5)c4)n3)c2)cc1. The quantitative estimate of drug-likeness (QED) is 0.164. The fraction of sp³-hybridized carbons (Fsp3) is 0. The number of nitrogens with zero attached hydrogens (tertiary/aromatic N) is 5. The van der Waals surface area contributed by atoms with Gasteiger partial charge in [0.15, 0.2) is 17.5 Å². The highest BCUT2D eigenvalue weighted by atomic mass is 15.0. The minimum atomic E-state index is 0.591. The van der Waals surface area contributed by atoms with Crippen LogP contribution < -0.4 is 0 Å². The lowest BCUT2D eigenvalue weighted by Gasteiger charge is -2.14. The summed E-state index contributed by atoms with van der Waals surface area (Å²) in [6.45, 7) is 0. The topological polar surface area (TPSA) is 64.5 Å². The van der Waals surface area contributed by atoms with Gasteiger partial charge in [0.2, 0.25) is 0 Å². The summed E-state index contributed by atoms with van der Waals surface area (Å²) < 4.78 is 0. The van der Waals surface area contributed by atoms with E-state index in [9.17, 15) is 0 Å². The van der Waals surface area contributed by atoms with E-state index < -0.39 is 0 Å². The van der Waals surface area contributed by atoms with Crippen LogP contribution in [0.15, 0.2) is 200 Å². The van der Waals surface area contributed by atoms with Crippen molar-refractivity contribution >= 4 is 21.8 Å². The Bertz CT molecular complexity index is 2830. The van der Waals surface area contributed by atoms with Crippen LogP contribution in [-0.4, -0.2) is 24.9 Å². The molecule has 5 nitrogen and oxygen atoms in total. The van der Waals surface area contributed by atoms with Crippen molar-refractivity contribution in [1.82, 2.24) is 24.9 Å². The molecule has 0 amide bonds. The average molecular weight is 716 g/mol. The maximum absolute atomic E-state index is 5.24. The van der Waals surface area contributed by atoms with Gasteiger partial charge in [-0.3, -0.25) is 9.97 Å². The minimum Gasteiger partial charge on any atom is -0.256 e. The van der Waals surface area contributed by atoms with Gasteiger partial charge in [0.25, 0.3) is 0 Å². The normalized spacial score (nSPS) is 11.2. The Labute approximate surface area is 324 Å². The molecule has 0 saturated heterocycles. The summed E-state index contributed by atoms with van der Waals surface area (Å²) in [7, 11) is 0. The lowest BCUT2D eigenvalue weighted by atomic mass is 9.94. The second kappa shape index (κ2) is 14.3. The van der Waals surface area contributed by atoms with E-state index in [1.165, 1.54) is 0 Å². The number of pyridine rings is 2. The van der Waals surface area contributed by atoms with Crippen molar-refractivity contribution in [2.75, 3.05) is 0 Å². The first-order valence-corrected chi connectivity index (χ1v) is 18.6. The molecule has 56 heavy (non-hydrogen) atoms. The van der Waals surface area contributed by atoms with E-state index >= 15 is 0 Å². The molecule has 0 unspecified atom stereocenters. The highest BCUT2D eigenvalue weighted by molar-refractivity contribution is 5.89. The van der Waals surface area contributed by atoms with E-state index in [1.54, 1.807) is 0 Å². The second-order valence-electron chi connectivity index (χ2n) is 13.8. The summed E-state index contributed by atoms with van der Waals surface area (Å²) in [5, 5.41) is 2.16. The maximum atomic E-state index is 5.24. The monoisotopic (exact) mass is 715 g/mol. The summed E-state index contributed by atoms with van der Waals surface area (Å²) >= 11 is 0. The number of rotatable bonds is 7. The van der Waals surface area contributed by atoms with Crippen LogP contribution >= 0.6 is 0 Å². The van der Waals surface area contributed by atoms with Gasteiger partial charge in [0.05, 0.1) is 11.0 Å². The molecule has 0 N–H and O–H groups in total. The molecule has 7 aromatic carbocycles. The van der Waals surface area contributed by atoms with Crippen molar-refractivity contribution in [3.63, 3.8) is 0 Å². The molecular weight excluding hydrogens is 683 g/mol. The third kappa shape index (κ3) is 6.59. The summed E-state index contributed by atoms with van der Waals surface area (Å²) in [5.74, 6) is 1.80. The third-order valence-electron chi connectivity index (χ3n) is 10.2. The van der Waals surface area contributed by atoms with Gasteiger partial charge in [-0.05, 0) is 111 Å². The molecule has 0 atom stereocenters. The van der Waals surface area contributed by atoms with Gasteiger partial charge in [-0.1, -0.05) is 121 Å². The number of hydrogen-bond donors (Lipinski definition) is 0. The second-order valence-corrected chi connectivity index (χ2v) is 13.8. The van der Waals surface area contributed by atoms with Crippen molar-refractivity contribution < 1.29 is 0 Å². The number of benzene rings is 7. The van der Waals surface area contributed by atoms with Crippen LogP contribution in [0.5, 0.6) is 0 Å². The molecule has 0 spiro atoms. The molecule has 0 fully saturated rings. The summed E-state index contributed by atoms with van der Waals surface area (Å²) in [5.41, 5.74) is 13.3. The van der Waals surface area contributed by atoms with Gasteiger partial charge in [-0.25, -0.2) is 15.0 Å². The van der Waals surface area contributed by atoms with E-state index in [-0.39, 0.29) is 0 Å². The first-order chi connectivity index (χ1) is 27.7. The van der Waals surface area contributed by atoms with E-state index in [2.05, 4.69) is 174 Å². The molecule has 3 heterocycles. The Morgan fingerprint density at radius 3 is 1.09 bits per heavy atom. The Balaban J connectivity index is 1.19. The van der Waals surface area contributed by atoms with Crippen LogP contribution in [0.25, 0.3) is 100 Å². The number of aromatic nitrogens is 5. The molecule has 5 heteroatoms. The first kappa shape index (κ1) is 33.0. The Morgan fingerprint density at radius 2 is 0.607 bits per heavy atom. The number of fused-ring (bicyclic) bond motifs is 2. The molecule has 0 aliphatic heterocycles. The van der Waals surface area contributed by atoms with Gasteiger partial charge < -0.3 is 0 Å². The van der Waals surface area contributed by atoms with Crippen LogP contribution in [0, 0.1) is 0 Å². The highest BCUT2D eigenvalue weighted by Crippen LogP contribution is 2.36. The molecule has 10 rings (SSSR count). The molecule has 3 aromatic heterocycles. The summed E-state index contributed by atoms with van der Waals surface area (Å²) in [4.78, 5) is 24.8. The Hall–Kier alpha value is -7.63. The van der Waals surface area contributed by atoms with E-state index in [1.807, 2.05) is 36.7 Å². The predicted octanol–water partition coefficient (Wildman–Crippen LogP) is 12.6. The van der Waals surface area contributed by atoms with E-state index in [0.717, 1.165) is 83.0 Å². The van der Waals surface area contributed by atoms with Gasteiger partial charge in [0.1, 0.15) is 0 Å². The molecule has 0 aliphatic carbocycles. The highest BCUT2D eigenvalue weighted by Gasteiger charge is 2.16. The zero-order valence-corrected chi connectivity index (χ0v) is 30.3. The van der Waals surface area contributed by atoms with Crippen LogP contribution in [0.4, 0.5) is 0 Å². The summed E-state index contributed by atoms with van der Waals surface area (Å²) in [6.07, 6.45) is 3.66. The zero-order chi connectivity index (χ0) is 37.3.